The van der Waals surface area contributed by atoms with Gasteiger partial charge in [0.2, 0.25) is 0 Å². The second-order valence-corrected chi connectivity index (χ2v) is 5.27. The summed E-state index contributed by atoms with van der Waals surface area (Å²) in [6.07, 6.45) is 2.98. The minimum absolute atomic E-state index is 0.378. The standard InChI is InChI=1S/C15H22FNO2/c1-10(16)11-8-14(19-3)12(9-13(11)18-2)15(17)6-4-5-7-15/h8-10H,4-7,17H2,1-3H3. The number of hydrogen-bond acceptors (Lipinski definition) is 3. The molecule has 0 amide bonds. The van der Waals surface area contributed by atoms with Gasteiger partial charge >= 0.3 is 0 Å². The molecule has 0 spiro atoms. The summed E-state index contributed by atoms with van der Waals surface area (Å²) in [6.45, 7) is 1.49. The van der Waals surface area contributed by atoms with Gasteiger partial charge in [0.05, 0.1) is 14.2 Å². The molecule has 0 radical (unpaired) electrons. The molecule has 1 aliphatic carbocycles. The van der Waals surface area contributed by atoms with Crippen molar-refractivity contribution in [3.05, 3.63) is 23.3 Å². The minimum atomic E-state index is -1.10. The lowest BCUT2D eigenvalue weighted by molar-refractivity contribution is 0.336. The van der Waals surface area contributed by atoms with Crippen LogP contribution in [0.2, 0.25) is 0 Å². The highest BCUT2D eigenvalue weighted by atomic mass is 19.1. The van der Waals surface area contributed by atoms with Crippen LogP contribution in [0.15, 0.2) is 12.1 Å². The van der Waals surface area contributed by atoms with Crippen LogP contribution in [0.25, 0.3) is 0 Å². The zero-order chi connectivity index (χ0) is 14.0. The molecule has 1 atom stereocenters. The largest absolute Gasteiger partial charge is 0.496 e. The van der Waals surface area contributed by atoms with Crippen molar-refractivity contribution < 1.29 is 13.9 Å². The Morgan fingerprint density at radius 3 is 2.21 bits per heavy atom. The predicted octanol–water partition coefficient (Wildman–Crippen LogP) is 3.46. The average Bonchev–Trinajstić information content (AvgIpc) is 2.85. The molecule has 4 heteroatoms. The van der Waals surface area contributed by atoms with Crippen molar-refractivity contribution in [1.29, 1.82) is 0 Å². The molecule has 1 aromatic rings. The molecule has 1 saturated carbocycles. The van der Waals surface area contributed by atoms with Crippen LogP contribution in [-0.4, -0.2) is 14.2 Å². The molecule has 1 aromatic carbocycles. The fraction of sp³-hybridized carbons (Fsp3) is 0.600. The fourth-order valence-corrected chi connectivity index (χ4v) is 2.90. The summed E-state index contributed by atoms with van der Waals surface area (Å²) >= 11 is 0. The molecule has 19 heavy (non-hydrogen) atoms. The lowest BCUT2D eigenvalue weighted by atomic mass is 9.87. The van der Waals surface area contributed by atoms with Gasteiger partial charge in [-0.2, -0.15) is 0 Å². The van der Waals surface area contributed by atoms with Gasteiger partial charge in [-0.25, -0.2) is 4.39 Å². The second kappa shape index (κ2) is 5.37. The maximum atomic E-state index is 13.6. The van der Waals surface area contributed by atoms with Crippen molar-refractivity contribution in [3.8, 4) is 11.5 Å². The monoisotopic (exact) mass is 267 g/mol. The first kappa shape index (κ1) is 14.1. The Morgan fingerprint density at radius 2 is 1.74 bits per heavy atom. The Labute approximate surface area is 113 Å². The number of ether oxygens (including phenoxy) is 2. The van der Waals surface area contributed by atoms with Gasteiger partial charge in [0.15, 0.2) is 0 Å². The molecule has 2 N–H and O–H groups in total. The van der Waals surface area contributed by atoms with E-state index in [0.29, 0.717) is 17.1 Å². The van der Waals surface area contributed by atoms with Crippen molar-refractivity contribution in [2.24, 2.45) is 5.73 Å². The summed E-state index contributed by atoms with van der Waals surface area (Å²) in [6, 6.07) is 3.56. The van der Waals surface area contributed by atoms with Gasteiger partial charge < -0.3 is 15.2 Å². The summed E-state index contributed by atoms with van der Waals surface area (Å²) in [5.74, 6) is 1.20. The topological polar surface area (TPSA) is 44.5 Å². The van der Waals surface area contributed by atoms with E-state index in [1.165, 1.54) is 6.92 Å². The summed E-state index contributed by atoms with van der Waals surface area (Å²) in [5, 5.41) is 0. The fourth-order valence-electron chi connectivity index (χ4n) is 2.90. The first-order chi connectivity index (χ1) is 9.01. The van der Waals surface area contributed by atoms with E-state index in [2.05, 4.69) is 0 Å². The second-order valence-electron chi connectivity index (χ2n) is 5.27. The van der Waals surface area contributed by atoms with Crippen molar-refractivity contribution >= 4 is 0 Å². The Hall–Kier alpha value is -1.29. The molecule has 0 aliphatic heterocycles. The van der Waals surface area contributed by atoms with Crippen LogP contribution >= 0.6 is 0 Å². The van der Waals surface area contributed by atoms with Crippen LogP contribution < -0.4 is 15.2 Å². The zero-order valence-corrected chi connectivity index (χ0v) is 11.8. The molecule has 2 rings (SSSR count). The van der Waals surface area contributed by atoms with E-state index in [9.17, 15) is 4.39 Å². The third kappa shape index (κ3) is 2.54. The summed E-state index contributed by atoms with van der Waals surface area (Å²) in [7, 11) is 3.14. The summed E-state index contributed by atoms with van der Waals surface area (Å²) < 4.78 is 24.3. The van der Waals surface area contributed by atoms with E-state index in [1.807, 2.05) is 6.07 Å². The van der Waals surface area contributed by atoms with E-state index < -0.39 is 6.17 Å². The highest BCUT2D eigenvalue weighted by molar-refractivity contribution is 5.50. The Balaban J connectivity index is 2.54. The van der Waals surface area contributed by atoms with Gasteiger partial charge in [-0.3, -0.25) is 0 Å². The summed E-state index contributed by atoms with van der Waals surface area (Å²) in [4.78, 5) is 0. The average molecular weight is 267 g/mol. The number of benzene rings is 1. The van der Waals surface area contributed by atoms with E-state index in [0.717, 1.165) is 31.2 Å². The van der Waals surface area contributed by atoms with Gasteiger partial charge in [-0.15, -0.1) is 0 Å². The minimum Gasteiger partial charge on any atom is -0.496 e. The van der Waals surface area contributed by atoms with E-state index in [1.54, 1.807) is 20.3 Å². The highest BCUT2D eigenvalue weighted by Gasteiger charge is 2.35. The SMILES string of the molecule is COc1cc(C2(N)CCCC2)c(OC)cc1C(C)F. The first-order valence-electron chi connectivity index (χ1n) is 6.71. The number of nitrogens with two attached hydrogens (primary N) is 1. The zero-order valence-electron chi connectivity index (χ0n) is 11.8. The third-order valence-corrected chi connectivity index (χ3v) is 4.01. The van der Waals surface area contributed by atoms with Gasteiger partial charge in [0, 0.05) is 16.7 Å². The van der Waals surface area contributed by atoms with Gasteiger partial charge in [0.1, 0.15) is 17.7 Å². The summed E-state index contributed by atoms with van der Waals surface area (Å²) in [5.41, 5.74) is 7.53. The molecule has 0 aromatic heterocycles. The molecular formula is C15H22FNO2. The smallest absolute Gasteiger partial charge is 0.126 e. The number of hydrogen-bond donors (Lipinski definition) is 1. The van der Waals surface area contributed by atoms with Crippen molar-refractivity contribution in [2.45, 2.75) is 44.3 Å². The van der Waals surface area contributed by atoms with Crippen LogP contribution in [0.4, 0.5) is 4.39 Å². The lowest BCUT2D eigenvalue weighted by Crippen LogP contribution is -2.33. The van der Waals surface area contributed by atoms with Crippen LogP contribution in [0.1, 0.15) is 49.9 Å². The Morgan fingerprint density at radius 1 is 1.16 bits per heavy atom. The van der Waals surface area contributed by atoms with Crippen LogP contribution in [0, 0.1) is 0 Å². The predicted molar refractivity (Wildman–Crippen MR) is 73.4 cm³/mol. The molecule has 0 saturated heterocycles. The van der Waals surface area contributed by atoms with Crippen LogP contribution in [0.5, 0.6) is 11.5 Å². The van der Waals surface area contributed by atoms with Crippen molar-refractivity contribution in [1.82, 2.24) is 0 Å². The van der Waals surface area contributed by atoms with E-state index in [4.69, 9.17) is 15.2 Å². The highest BCUT2D eigenvalue weighted by Crippen LogP contribution is 2.44. The van der Waals surface area contributed by atoms with E-state index >= 15 is 0 Å². The number of methoxy groups -OCH3 is 2. The Kier molecular flexibility index (Phi) is 3.99. The lowest BCUT2D eigenvalue weighted by Gasteiger charge is -2.27. The molecule has 0 bridgehead atoms. The molecule has 3 nitrogen and oxygen atoms in total. The Bertz CT molecular complexity index is 454. The maximum absolute atomic E-state index is 13.6. The van der Waals surface area contributed by atoms with Crippen molar-refractivity contribution in [2.75, 3.05) is 14.2 Å². The normalized spacial score (nSPS) is 19.2. The molecule has 1 fully saturated rings. The maximum Gasteiger partial charge on any atom is 0.126 e. The first-order valence-corrected chi connectivity index (χ1v) is 6.71. The molecule has 1 unspecified atom stereocenters. The van der Waals surface area contributed by atoms with Gasteiger partial charge in [0.25, 0.3) is 0 Å². The number of alkyl halides is 1. The van der Waals surface area contributed by atoms with Gasteiger partial charge in [-0.05, 0) is 31.9 Å². The van der Waals surface area contributed by atoms with Crippen LogP contribution in [0.3, 0.4) is 0 Å². The van der Waals surface area contributed by atoms with Crippen LogP contribution in [-0.2, 0) is 5.54 Å². The molecule has 0 heterocycles. The third-order valence-electron chi connectivity index (χ3n) is 4.01. The molecule has 1 aliphatic rings. The molecule has 106 valence electrons. The number of rotatable bonds is 4. The molecular weight excluding hydrogens is 245 g/mol. The number of halogens is 1. The quantitative estimate of drug-likeness (QED) is 0.908. The van der Waals surface area contributed by atoms with E-state index in [-0.39, 0.29) is 5.54 Å². The van der Waals surface area contributed by atoms with Crippen molar-refractivity contribution in [3.63, 3.8) is 0 Å². The van der Waals surface area contributed by atoms with Gasteiger partial charge in [-0.1, -0.05) is 12.8 Å².